The van der Waals surface area contributed by atoms with E-state index in [4.69, 9.17) is 10.2 Å². The van der Waals surface area contributed by atoms with Crippen molar-refractivity contribution >= 4 is 18.0 Å². The molecule has 0 rings (SSSR count). The van der Waals surface area contributed by atoms with Gasteiger partial charge in [-0.05, 0) is 19.8 Å². The van der Waals surface area contributed by atoms with Crippen LogP contribution in [0.4, 0.5) is 4.79 Å². The topological polar surface area (TPSA) is 127 Å². The van der Waals surface area contributed by atoms with Gasteiger partial charge in [0.25, 0.3) is 0 Å². The summed E-state index contributed by atoms with van der Waals surface area (Å²) < 4.78 is 4.18. The Morgan fingerprint density at radius 1 is 1.06 bits per heavy atom. The summed E-state index contributed by atoms with van der Waals surface area (Å²) in [5.41, 5.74) is 4.54. The molecule has 0 aromatic heterocycles. The average molecular weight is 235 g/mol. The van der Waals surface area contributed by atoms with Crippen molar-refractivity contribution in [2.45, 2.75) is 32.6 Å². The van der Waals surface area contributed by atoms with Crippen molar-refractivity contribution in [3.63, 3.8) is 0 Å². The Bertz CT molecular complexity index is 212. The van der Waals surface area contributed by atoms with Gasteiger partial charge in [0.05, 0.1) is 6.61 Å². The lowest BCUT2D eigenvalue weighted by atomic mass is 10.2. The number of carboxylic acid groups (broad SMARTS) is 2. The van der Waals surface area contributed by atoms with Gasteiger partial charge in [-0.3, -0.25) is 9.59 Å². The molecule has 0 aliphatic heterocycles. The number of nitrogens with two attached hydrogens (primary N) is 1. The molecule has 0 spiro atoms. The number of carbonyl (C=O) groups is 3. The first-order valence-electron chi connectivity index (χ1n) is 4.76. The highest BCUT2D eigenvalue weighted by atomic mass is 16.5. The van der Waals surface area contributed by atoms with Crippen molar-refractivity contribution in [3.05, 3.63) is 0 Å². The molecule has 0 aromatic carbocycles. The minimum absolute atomic E-state index is 0.0628. The van der Waals surface area contributed by atoms with E-state index < -0.39 is 18.0 Å². The molecule has 0 radical (unpaired) electrons. The maximum Gasteiger partial charge on any atom is 0.404 e. The molecule has 0 fully saturated rings. The third-order valence-electron chi connectivity index (χ3n) is 1.32. The van der Waals surface area contributed by atoms with E-state index in [-0.39, 0.29) is 12.8 Å². The summed E-state index contributed by atoms with van der Waals surface area (Å²) in [6.07, 6.45) is 0.307. The van der Waals surface area contributed by atoms with Crippen LogP contribution in [0.2, 0.25) is 0 Å². The number of hydrogen-bond donors (Lipinski definition) is 3. The molecular formula is C9H17NO6. The molecule has 0 aliphatic carbocycles. The second-order valence-corrected chi connectivity index (χ2v) is 2.75. The summed E-state index contributed by atoms with van der Waals surface area (Å²) in [5, 5.41) is 16.3. The number of hydrogen-bond acceptors (Lipinski definition) is 4. The summed E-state index contributed by atoms with van der Waals surface area (Å²) >= 11 is 0. The van der Waals surface area contributed by atoms with E-state index >= 15 is 0 Å². The molecule has 1 amide bonds. The van der Waals surface area contributed by atoms with Crippen molar-refractivity contribution in [3.8, 4) is 0 Å². The molecule has 4 N–H and O–H groups in total. The summed E-state index contributed by atoms with van der Waals surface area (Å²) in [5.74, 6) is -1.74. The number of carboxylic acids is 2. The molecular weight excluding hydrogens is 218 g/mol. The van der Waals surface area contributed by atoms with Crippen LogP contribution >= 0.6 is 0 Å². The Morgan fingerprint density at radius 2 is 1.44 bits per heavy atom. The van der Waals surface area contributed by atoms with Gasteiger partial charge < -0.3 is 20.7 Å². The smallest absolute Gasteiger partial charge is 0.404 e. The number of primary amides is 1. The number of carbonyl (C=O) groups excluding carboxylic acids is 1. The fraction of sp³-hybridized carbons (Fsp3) is 0.667. The summed E-state index contributed by atoms with van der Waals surface area (Å²) in [7, 11) is 0. The minimum Gasteiger partial charge on any atom is -0.481 e. The fourth-order valence-corrected chi connectivity index (χ4v) is 0.695. The second-order valence-electron chi connectivity index (χ2n) is 2.75. The number of ether oxygens (including phenoxy) is 1. The third kappa shape index (κ3) is 22.8. The maximum absolute atomic E-state index is 9.90. The van der Waals surface area contributed by atoms with Crippen molar-refractivity contribution in [1.29, 1.82) is 0 Å². The SMILES string of the molecule is CCOC(N)=O.O=C(O)CCCCC(=O)O. The second kappa shape index (κ2) is 11.3. The molecule has 0 aliphatic rings. The van der Waals surface area contributed by atoms with Crippen LogP contribution in [0.25, 0.3) is 0 Å². The predicted octanol–water partition coefficient (Wildman–Crippen LogP) is 0.818. The lowest BCUT2D eigenvalue weighted by molar-refractivity contribution is -0.139. The van der Waals surface area contributed by atoms with Crippen LogP contribution in [0, 0.1) is 0 Å². The summed E-state index contributed by atoms with van der Waals surface area (Å²) in [4.78, 5) is 29.4. The monoisotopic (exact) mass is 235 g/mol. The molecule has 0 aromatic rings. The van der Waals surface area contributed by atoms with Crippen molar-refractivity contribution < 1.29 is 29.3 Å². The van der Waals surface area contributed by atoms with Crippen molar-refractivity contribution in [2.24, 2.45) is 5.73 Å². The summed E-state index contributed by atoms with van der Waals surface area (Å²) in [6.45, 7) is 2.06. The molecule has 0 heterocycles. The fourth-order valence-electron chi connectivity index (χ4n) is 0.695. The first-order valence-corrected chi connectivity index (χ1v) is 4.76. The summed E-state index contributed by atoms with van der Waals surface area (Å²) in [6, 6.07) is 0. The quantitative estimate of drug-likeness (QED) is 0.585. The van der Waals surface area contributed by atoms with E-state index in [1.807, 2.05) is 0 Å². The van der Waals surface area contributed by atoms with Crippen molar-refractivity contribution in [2.75, 3.05) is 6.61 Å². The highest BCUT2D eigenvalue weighted by molar-refractivity contribution is 5.67. The van der Waals surface area contributed by atoms with Gasteiger partial charge in [0.1, 0.15) is 0 Å². The molecule has 0 saturated carbocycles. The first-order chi connectivity index (χ1) is 7.40. The minimum atomic E-state index is -0.870. The third-order valence-corrected chi connectivity index (χ3v) is 1.32. The van der Waals surface area contributed by atoms with Crippen LogP contribution in [0.3, 0.4) is 0 Å². The van der Waals surface area contributed by atoms with Gasteiger partial charge in [0.2, 0.25) is 0 Å². The highest BCUT2D eigenvalue weighted by Gasteiger charge is 1.99. The van der Waals surface area contributed by atoms with E-state index in [2.05, 4.69) is 10.5 Å². The lowest BCUT2D eigenvalue weighted by Gasteiger charge is -1.92. The molecule has 94 valence electrons. The molecule has 0 unspecified atom stereocenters. The van der Waals surface area contributed by atoms with Crippen molar-refractivity contribution in [1.82, 2.24) is 0 Å². The van der Waals surface area contributed by atoms with Gasteiger partial charge in [-0.15, -0.1) is 0 Å². The Morgan fingerprint density at radius 3 is 1.56 bits per heavy atom. The Kier molecular flexibility index (Phi) is 11.7. The van der Waals surface area contributed by atoms with Gasteiger partial charge in [-0.25, -0.2) is 4.79 Å². The molecule has 7 nitrogen and oxygen atoms in total. The van der Waals surface area contributed by atoms with Crippen LogP contribution in [-0.2, 0) is 14.3 Å². The number of amides is 1. The zero-order valence-electron chi connectivity index (χ0n) is 9.14. The van der Waals surface area contributed by atoms with Crippen LogP contribution in [0.1, 0.15) is 32.6 Å². The predicted molar refractivity (Wildman–Crippen MR) is 54.9 cm³/mol. The molecule has 0 saturated heterocycles. The van der Waals surface area contributed by atoms with E-state index in [1.165, 1.54) is 0 Å². The number of rotatable bonds is 6. The van der Waals surface area contributed by atoms with E-state index in [0.29, 0.717) is 19.4 Å². The van der Waals surface area contributed by atoms with Gasteiger partial charge in [-0.2, -0.15) is 0 Å². The normalized spacial score (nSPS) is 8.56. The standard InChI is InChI=1S/C6H10O4.C3H7NO2/c7-5(8)3-1-2-4-6(9)10;1-2-6-3(4)5/h1-4H2,(H,7,8)(H,9,10);2H2,1H3,(H2,4,5). The van der Waals surface area contributed by atoms with Gasteiger partial charge >= 0.3 is 18.0 Å². The molecule has 0 bridgehead atoms. The molecule has 0 atom stereocenters. The first kappa shape index (κ1) is 16.6. The van der Waals surface area contributed by atoms with Crippen LogP contribution in [0.15, 0.2) is 0 Å². The zero-order chi connectivity index (χ0) is 13.0. The molecule has 16 heavy (non-hydrogen) atoms. The van der Waals surface area contributed by atoms with E-state index in [9.17, 15) is 14.4 Å². The Balaban J connectivity index is 0. The molecule has 7 heteroatoms. The van der Waals surface area contributed by atoms with E-state index in [0.717, 1.165) is 0 Å². The van der Waals surface area contributed by atoms with Gasteiger partial charge in [0, 0.05) is 12.8 Å². The largest absolute Gasteiger partial charge is 0.481 e. The average Bonchev–Trinajstić information content (AvgIpc) is 2.12. The Hall–Kier alpha value is -1.79. The van der Waals surface area contributed by atoms with Gasteiger partial charge in [0.15, 0.2) is 0 Å². The maximum atomic E-state index is 9.90. The lowest BCUT2D eigenvalue weighted by Crippen LogP contribution is -2.11. The van der Waals surface area contributed by atoms with Gasteiger partial charge in [-0.1, -0.05) is 0 Å². The van der Waals surface area contributed by atoms with Crippen LogP contribution in [0.5, 0.6) is 0 Å². The highest BCUT2D eigenvalue weighted by Crippen LogP contribution is 1.98. The Labute approximate surface area is 93.2 Å². The zero-order valence-corrected chi connectivity index (χ0v) is 9.14. The van der Waals surface area contributed by atoms with Crippen LogP contribution < -0.4 is 5.73 Å². The van der Waals surface area contributed by atoms with Crippen LogP contribution in [-0.4, -0.2) is 34.9 Å². The number of unbranched alkanes of at least 4 members (excludes halogenated alkanes) is 1. The van der Waals surface area contributed by atoms with E-state index in [1.54, 1.807) is 6.92 Å². The number of aliphatic carboxylic acids is 2.